The summed E-state index contributed by atoms with van der Waals surface area (Å²) in [5.74, 6) is -0.321. The predicted molar refractivity (Wildman–Crippen MR) is 100 cm³/mol. The van der Waals surface area contributed by atoms with Gasteiger partial charge in [0.05, 0.1) is 11.5 Å². The smallest absolute Gasteiger partial charge is 0.344 e. The molecule has 1 amide bonds. The van der Waals surface area contributed by atoms with Crippen LogP contribution < -0.4 is 14.8 Å². The molecule has 148 valence electrons. The van der Waals surface area contributed by atoms with Crippen molar-refractivity contribution in [2.24, 2.45) is 0 Å². The standard InChI is InChI=1S/C19H20N2O7/c1-3-26-14-8-10-15(11-9-14)27-12-18(22)28-13(2)19(23)20-16-6-4-5-7-17(16)21(24)25/h4-11,13H,3,12H2,1-2H3,(H,20,23)/t13-/m1/s1. The van der Waals surface area contributed by atoms with Crippen LogP contribution in [0.5, 0.6) is 11.5 Å². The van der Waals surface area contributed by atoms with Crippen molar-refractivity contribution in [3.05, 3.63) is 58.6 Å². The number of nitrogens with zero attached hydrogens (tertiary/aromatic N) is 1. The van der Waals surface area contributed by atoms with E-state index >= 15 is 0 Å². The van der Waals surface area contributed by atoms with E-state index in [1.165, 1.54) is 25.1 Å². The molecule has 1 atom stereocenters. The molecule has 1 N–H and O–H groups in total. The lowest BCUT2D eigenvalue weighted by Gasteiger charge is -2.14. The van der Waals surface area contributed by atoms with Crippen LogP contribution in [0.15, 0.2) is 48.5 Å². The van der Waals surface area contributed by atoms with Crippen LogP contribution in [0.3, 0.4) is 0 Å². The molecule has 0 aliphatic heterocycles. The predicted octanol–water partition coefficient (Wildman–Crippen LogP) is 2.94. The van der Waals surface area contributed by atoms with Crippen LogP contribution in [0.25, 0.3) is 0 Å². The van der Waals surface area contributed by atoms with Crippen molar-refractivity contribution in [2.45, 2.75) is 20.0 Å². The Morgan fingerprint density at radius 1 is 1.07 bits per heavy atom. The van der Waals surface area contributed by atoms with Gasteiger partial charge in [0, 0.05) is 6.07 Å². The molecular formula is C19H20N2O7. The number of para-hydroxylation sites is 2. The fraction of sp³-hybridized carbons (Fsp3) is 0.263. The van der Waals surface area contributed by atoms with Crippen molar-refractivity contribution >= 4 is 23.3 Å². The lowest BCUT2D eigenvalue weighted by molar-refractivity contribution is -0.383. The number of benzene rings is 2. The second-order valence-electron chi connectivity index (χ2n) is 5.59. The van der Waals surface area contributed by atoms with Gasteiger partial charge in [0.1, 0.15) is 17.2 Å². The summed E-state index contributed by atoms with van der Waals surface area (Å²) in [4.78, 5) is 34.4. The first kappa shape index (κ1) is 20.7. The minimum absolute atomic E-state index is 0.0195. The van der Waals surface area contributed by atoms with E-state index in [0.29, 0.717) is 18.1 Å². The first-order valence-electron chi connectivity index (χ1n) is 8.50. The van der Waals surface area contributed by atoms with Gasteiger partial charge in [-0.05, 0) is 44.2 Å². The molecule has 0 aromatic heterocycles. The fourth-order valence-electron chi connectivity index (χ4n) is 2.20. The monoisotopic (exact) mass is 388 g/mol. The molecule has 0 spiro atoms. The van der Waals surface area contributed by atoms with Crippen molar-refractivity contribution in [1.29, 1.82) is 0 Å². The van der Waals surface area contributed by atoms with Gasteiger partial charge in [0.25, 0.3) is 11.6 Å². The van der Waals surface area contributed by atoms with Gasteiger partial charge in [-0.2, -0.15) is 0 Å². The van der Waals surface area contributed by atoms with E-state index in [9.17, 15) is 19.7 Å². The third-order valence-corrected chi connectivity index (χ3v) is 3.53. The van der Waals surface area contributed by atoms with E-state index in [4.69, 9.17) is 14.2 Å². The van der Waals surface area contributed by atoms with Crippen molar-refractivity contribution in [2.75, 3.05) is 18.5 Å². The number of nitrogens with one attached hydrogen (secondary N) is 1. The number of rotatable bonds is 9. The Kier molecular flexibility index (Phi) is 7.32. The van der Waals surface area contributed by atoms with Crippen LogP contribution in [0.4, 0.5) is 11.4 Å². The van der Waals surface area contributed by atoms with Gasteiger partial charge in [0.15, 0.2) is 12.7 Å². The zero-order valence-corrected chi connectivity index (χ0v) is 15.4. The van der Waals surface area contributed by atoms with Crippen LogP contribution in [-0.2, 0) is 14.3 Å². The van der Waals surface area contributed by atoms with Gasteiger partial charge < -0.3 is 19.5 Å². The zero-order chi connectivity index (χ0) is 20.5. The fourth-order valence-corrected chi connectivity index (χ4v) is 2.20. The van der Waals surface area contributed by atoms with Gasteiger partial charge in [-0.1, -0.05) is 12.1 Å². The molecule has 9 heteroatoms. The maximum atomic E-state index is 12.1. The molecule has 0 aliphatic carbocycles. The number of hydrogen-bond acceptors (Lipinski definition) is 7. The number of nitro groups is 1. The molecule has 28 heavy (non-hydrogen) atoms. The van der Waals surface area contributed by atoms with Crippen molar-refractivity contribution < 1.29 is 28.7 Å². The molecule has 0 fully saturated rings. The van der Waals surface area contributed by atoms with Crippen LogP contribution in [-0.4, -0.2) is 36.1 Å². The molecule has 0 bridgehead atoms. The van der Waals surface area contributed by atoms with Crippen molar-refractivity contribution in [1.82, 2.24) is 0 Å². The Morgan fingerprint density at radius 3 is 2.29 bits per heavy atom. The van der Waals surface area contributed by atoms with Crippen molar-refractivity contribution in [3.8, 4) is 11.5 Å². The lowest BCUT2D eigenvalue weighted by Crippen LogP contribution is -2.31. The van der Waals surface area contributed by atoms with E-state index in [1.54, 1.807) is 30.3 Å². The summed E-state index contributed by atoms with van der Waals surface area (Å²) in [6, 6.07) is 12.4. The first-order valence-corrected chi connectivity index (χ1v) is 8.50. The number of carbonyl (C=O) groups is 2. The lowest BCUT2D eigenvalue weighted by atomic mass is 10.2. The first-order chi connectivity index (χ1) is 13.4. The van der Waals surface area contributed by atoms with Crippen LogP contribution in [0, 0.1) is 10.1 Å². The summed E-state index contributed by atoms with van der Waals surface area (Å²) in [5, 5.41) is 13.3. The number of amides is 1. The Morgan fingerprint density at radius 2 is 1.68 bits per heavy atom. The molecule has 9 nitrogen and oxygen atoms in total. The highest BCUT2D eigenvalue weighted by Crippen LogP contribution is 2.23. The molecule has 0 radical (unpaired) electrons. The quantitative estimate of drug-likeness (QED) is 0.399. The highest BCUT2D eigenvalue weighted by atomic mass is 16.6. The van der Waals surface area contributed by atoms with Gasteiger partial charge in [-0.15, -0.1) is 0 Å². The Labute approximate surface area is 161 Å². The molecule has 2 aromatic carbocycles. The average molecular weight is 388 g/mol. The zero-order valence-electron chi connectivity index (χ0n) is 15.4. The van der Waals surface area contributed by atoms with E-state index in [0.717, 1.165) is 0 Å². The summed E-state index contributed by atoms with van der Waals surface area (Å²) < 4.78 is 15.6. The number of hydrogen-bond donors (Lipinski definition) is 1. The molecule has 0 saturated carbocycles. The maximum Gasteiger partial charge on any atom is 0.344 e. The molecular weight excluding hydrogens is 368 g/mol. The number of anilines is 1. The van der Waals surface area contributed by atoms with E-state index < -0.39 is 29.5 Å². The van der Waals surface area contributed by atoms with Gasteiger partial charge in [-0.25, -0.2) is 4.79 Å². The topological polar surface area (TPSA) is 117 Å². The Balaban J connectivity index is 1.84. The maximum absolute atomic E-state index is 12.1. The molecule has 0 unspecified atom stereocenters. The van der Waals surface area contributed by atoms with Gasteiger partial charge in [0.2, 0.25) is 0 Å². The van der Waals surface area contributed by atoms with E-state index in [2.05, 4.69) is 5.32 Å². The second kappa shape index (κ2) is 9.91. The Hall–Kier alpha value is -3.62. The highest BCUT2D eigenvalue weighted by Gasteiger charge is 2.21. The number of nitro benzene ring substituents is 1. The molecule has 0 heterocycles. The largest absolute Gasteiger partial charge is 0.494 e. The number of carbonyl (C=O) groups excluding carboxylic acids is 2. The summed E-state index contributed by atoms with van der Waals surface area (Å²) in [5.41, 5.74) is -0.237. The third kappa shape index (κ3) is 5.97. The highest BCUT2D eigenvalue weighted by molar-refractivity contribution is 5.96. The summed E-state index contributed by atoms with van der Waals surface area (Å²) in [7, 11) is 0. The third-order valence-electron chi connectivity index (χ3n) is 3.53. The normalized spacial score (nSPS) is 11.2. The minimum atomic E-state index is -1.16. The molecule has 2 aromatic rings. The summed E-state index contributed by atoms with van der Waals surface area (Å²) in [6.07, 6.45) is -1.16. The number of esters is 1. The number of ether oxygens (including phenoxy) is 3. The average Bonchev–Trinajstić information content (AvgIpc) is 2.68. The minimum Gasteiger partial charge on any atom is -0.494 e. The van der Waals surface area contributed by atoms with E-state index in [1.807, 2.05) is 6.92 Å². The second-order valence-corrected chi connectivity index (χ2v) is 5.59. The molecule has 0 saturated heterocycles. The Bertz CT molecular complexity index is 836. The SMILES string of the molecule is CCOc1ccc(OCC(=O)O[C@H](C)C(=O)Nc2ccccc2[N+](=O)[O-])cc1. The van der Waals surface area contributed by atoms with Crippen LogP contribution >= 0.6 is 0 Å². The van der Waals surface area contributed by atoms with Gasteiger partial charge in [-0.3, -0.25) is 14.9 Å². The summed E-state index contributed by atoms with van der Waals surface area (Å²) in [6.45, 7) is 3.38. The van der Waals surface area contributed by atoms with Crippen LogP contribution in [0.2, 0.25) is 0 Å². The van der Waals surface area contributed by atoms with Crippen molar-refractivity contribution in [3.63, 3.8) is 0 Å². The molecule has 0 aliphatic rings. The van der Waals surface area contributed by atoms with E-state index in [-0.39, 0.29) is 11.4 Å². The summed E-state index contributed by atoms with van der Waals surface area (Å²) >= 11 is 0. The molecule has 2 rings (SSSR count). The van der Waals surface area contributed by atoms with Gasteiger partial charge >= 0.3 is 5.97 Å². The van der Waals surface area contributed by atoms with Crippen LogP contribution in [0.1, 0.15) is 13.8 Å².